The summed E-state index contributed by atoms with van der Waals surface area (Å²) in [6.45, 7) is 5.03. The topological polar surface area (TPSA) is 84.9 Å². The third-order valence-electron chi connectivity index (χ3n) is 6.54. The first kappa shape index (κ1) is 24.8. The summed E-state index contributed by atoms with van der Waals surface area (Å²) < 4.78 is 16.5. The van der Waals surface area contributed by atoms with Gasteiger partial charge in [-0.2, -0.15) is 0 Å². The number of imidazole rings is 1. The largest absolute Gasteiger partial charge is 0.383 e. The third kappa shape index (κ3) is 4.91. The Hall–Kier alpha value is -3.85. The van der Waals surface area contributed by atoms with Gasteiger partial charge >= 0.3 is 0 Å². The molecule has 5 aromatic rings. The molecule has 37 heavy (non-hydrogen) atoms. The van der Waals surface area contributed by atoms with Crippen molar-refractivity contribution in [1.82, 2.24) is 29.7 Å². The first-order chi connectivity index (χ1) is 17.7. The zero-order valence-electron chi connectivity index (χ0n) is 20.1. The van der Waals surface area contributed by atoms with Gasteiger partial charge in [-0.25, -0.2) is 19.3 Å². The van der Waals surface area contributed by atoms with E-state index in [0.29, 0.717) is 39.6 Å². The van der Waals surface area contributed by atoms with Gasteiger partial charge in [-0.15, -0.1) is 12.4 Å². The molecule has 3 aromatic heterocycles. The second kappa shape index (κ2) is 10.6. The third-order valence-corrected chi connectivity index (χ3v) is 6.54. The van der Waals surface area contributed by atoms with Crippen LogP contribution >= 0.6 is 12.4 Å². The quantitative estimate of drug-likeness (QED) is 0.353. The Morgan fingerprint density at radius 1 is 0.865 bits per heavy atom. The number of nitrogens with zero attached hydrogens (tertiary/aromatic N) is 5. The standard InChI is InChI=1S/C28H26FN7.ClH/c29-23-6-2-1-4-21(23)24-11-12-25-28(33-24)36(27(34-25)22-5-3-13-32-26(22)30)20-9-7-19(8-10-20)18-35-16-14-31-15-17-35;/h1-13,31H,14-18H2,(H2,30,32);1H. The van der Waals surface area contributed by atoms with Gasteiger partial charge < -0.3 is 11.1 Å². The van der Waals surface area contributed by atoms with E-state index in [0.717, 1.165) is 38.4 Å². The molecule has 0 atom stereocenters. The van der Waals surface area contributed by atoms with Gasteiger partial charge in [0.1, 0.15) is 17.2 Å². The van der Waals surface area contributed by atoms with Crippen molar-refractivity contribution in [3.8, 4) is 28.3 Å². The Morgan fingerprint density at radius 2 is 1.62 bits per heavy atom. The molecule has 9 heteroatoms. The van der Waals surface area contributed by atoms with E-state index in [1.165, 1.54) is 11.6 Å². The molecule has 3 N–H and O–H groups in total. The average molecular weight is 516 g/mol. The van der Waals surface area contributed by atoms with Crippen LogP contribution in [0.15, 0.2) is 79.0 Å². The van der Waals surface area contributed by atoms with E-state index < -0.39 is 0 Å². The molecule has 0 spiro atoms. The minimum Gasteiger partial charge on any atom is -0.383 e. The Bertz CT molecular complexity index is 1530. The van der Waals surface area contributed by atoms with Gasteiger partial charge in [0.15, 0.2) is 11.5 Å². The van der Waals surface area contributed by atoms with Crippen LogP contribution in [0.5, 0.6) is 0 Å². The maximum absolute atomic E-state index is 14.6. The molecule has 0 bridgehead atoms. The first-order valence-corrected chi connectivity index (χ1v) is 12.0. The van der Waals surface area contributed by atoms with Gasteiger partial charge in [0.05, 0.1) is 11.3 Å². The summed E-state index contributed by atoms with van der Waals surface area (Å²) >= 11 is 0. The minimum atomic E-state index is -0.315. The van der Waals surface area contributed by atoms with Crippen molar-refractivity contribution >= 4 is 29.4 Å². The molecule has 6 rings (SSSR count). The van der Waals surface area contributed by atoms with Crippen molar-refractivity contribution in [1.29, 1.82) is 0 Å². The predicted molar refractivity (Wildman–Crippen MR) is 147 cm³/mol. The fourth-order valence-corrected chi connectivity index (χ4v) is 4.69. The average Bonchev–Trinajstić information content (AvgIpc) is 3.29. The molecule has 0 radical (unpaired) electrons. The Kier molecular flexibility index (Phi) is 7.14. The van der Waals surface area contributed by atoms with Crippen LogP contribution in [-0.4, -0.2) is 50.6 Å². The van der Waals surface area contributed by atoms with Crippen LogP contribution in [0.3, 0.4) is 0 Å². The predicted octanol–water partition coefficient (Wildman–Crippen LogP) is 4.70. The van der Waals surface area contributed by atoms with Crippen LogP contribution in [0.25, 0.3) is 39.5 Å². The number of fused-ring (bicyclic) bond motifs is 1. The lowest BCUT2D eigenvalue weighted by Crippen LogP contribution is -2.42. The molecule has 2 aromatic carbocycles. The minimum absolute atomic E-state index is 0. The number of halogens is 2. The zero-order chi connectivity index (χ0) is 24.5. The number of hydrogen-bond acceptors (Lipinski definition) is 6. The molecular formula is C28H27ClFN7. The van der Waals surface area contributed by atoms with Crippen LogP contribution in [0.2, 0.25) is 0 Å². The number of pyridine rings is 2. The van der Waals surface area contributed by atoms with Crippen molar-refractivity contribution in [2.24, 2.45) is 0 Å². The van der Waals surface area contributed by atoms with E-state index in [-0.39, 0.29) is 18.2 Å². The summed E-state index contributed by atoms with van der Waals surface area (Å²) in [4.78, 5) is 16.4. The molecular weight excluding hydrogens is 489 g/mol. The van der Waals surface area contributed by atoms with Crippen molar-refractivity contribution in [3.05, 3.63) is 90.4 Å². The molecule has 4 heterocycles. The van der Waals surface area contributed by atoms with Crippen molar-refractivity contribution in [3.63, 3.8) is 0 Å². The maximum atomic E-state index is 14.6. The van der Waals surface area contributed by atoms with Crippen LogP contribution in [0.1, 0.15) is 5.56 Å². The highest BCUT2D eigenvalue weighted by Crippen LogP contribution is 2.32. The maximum Gasteiger partial charge on any atom is 0.165 e. The molecule has 1 fully saturated rings. The highest BCUT2D eigenvalue weighted by atomic mass is 35.5. The Morgan fingerprint density at radius 3 is 2.38 bits per heavy atom. The first-order valence-electron chi connectivity index (χ1n) is 12.0. The molecule has 0 saturated carbocycles. The summed E-state index contributed by atoms with van der Waals surface area (Å²) in [5, 5.41) is 3.39. The second-order valence-corrected chi connectivity index (χ2v) is 8.92. The summed E-state index contributed by atoms with van der Waals surface area (Å²) in [7, 11) is 0. The number of nitrogens with two attached hydrogens (primary N) is 1. The number of piperazine rings is 1. The molecule has 1 aliphatic heterocycles. The highest BCUT2D eigenvalue weighted by molar-refractivity contribution is 5.85. The molecule has 0 unspecified atom stereocenters. The smallest absolute Gasteiger partial charge is 0.165 e. The number of aromatic nitrogens is 4. The molecule has 1 aliphatic rings. The lowest BCUT2D eigenvalue weighted by atomic mass is 10.1. The fraction of sp³-hybridized carbons (Fsp3) is 0.179. The molecule has 0 amide bonds. The summed E-state index contributed by atoms with van der Waals surface area (Å²) in [5.74, 6) is 0.715. The Balaban J connectivity index is 0.00000280. The lowest BCUT2D eigenvalue weighted by Gasteiger charge is -2.27. The number of rotatable bonds is 5. The summed E-state index contributed by atoms with van der Waals surface area (Å²) in [6, 6.07) is 22.5. The van der Waals surface area contributed by atoms with Crippen LogP contribution in [0, 0.1) is 5.82 Å². The van der Waals surface area contributed by atoms with E-state index in [4.69, 9.17) is 15.7 Å². The highest BCUT2D eigenvalue weighted by Gasteiger charge is 2.19. The number of anilines is 1. The monoisotopic (exact) mass is 515 g/mol. The molecule has 7 nitrogen and oxygen atoms in total. The van der Waals surface area contributed by atoms with Gasteiger partial charge in [-0.3, -0.25) is 9.47 Å². The van der Waals surface area contributed by atoms with Crippen molar-refractivity contribution in [2.45, 2.75) is 6.54 Å². The van der Waals surface area contributed by atoms with Gasteiger partial charge in [-0.1, -0.05) is 24.3 Å². The van der Waals surface area contributed by atoms with Crippen molar-refractivity contribution < 1.29 is 4.39 Å². The van der Waals surface area contributed by atoms with E-state index in [2.05, 4.69) is 39.5 Å². The van der Waals surface area contributed by atoms with E-state index >= 15 is 0 Å². The lowest BCUT2D eigenvalue weighted by molar-refractivity contribution is 0.233. The van der Waals surface area contributed by atoms with E-state index in [1.807, 2.05) is 22.8 Å². The van der Waals surface area contributed by atoms with E-state index in [1.54, 1.807) is 30.5 Å². The molecule has 188 valence electrons. The van der Waals surface area contributed by atoms with Gasteiger partial charge in [-0.05, 0) is 54.1 Å². The fourth-order valence-electron chi connectivity index (χ4n) is 4.69. The summed E-state index contributed by atoms with van der Waals surface area (Å²) in [5.41, 5.74) is 11.4. The number of benzene rings is 2. The van der Waals surface area contributed by atoms with Gasteiger partial charge in [0.25, 0.3) is 0 Å². The van der Waals surface area contributed by atoms with Gasteiger partial charge in [0.2, 0.25) is 0 Å². The second-order valence-electron chi connectivity index (χ2n) is 8.92. The van der Waals surface area contributed by atoms with Crippen molar-refractivity contribution in [2.75, 3.05) is 31.9 Å². The number of nitrogen functional groups attached to an aromatic ring is 1. The van der Waals surface area contributed by atoms with Crippen LogP contribution in [0.4, 0.5) is 10.2 Å². The van der Waals surface area contributed by atoms with Crippen LogP contribution < -0.4 is 11.1 Å². The van der Waals surface area contributed by atoms with Crippen LogP contribution in [-0.2, 0) is 6.54 Å². The number of nitrogens with one attached hydrogen (secondary N) is 1. The summed E-state index contributed by atoms with van der Waals surface area (Å²) in [6.07, 6.45) is 1.66. The Labute approximate surface area is 220 Å². The zero-order valence-corrected chi connectivity index (χ0v) is 21.0. The molecule has 0 aliphatic carbocycles. The molecule has 1 saturated heterocycles. The van der Waals surface area contributed by atoms with E-state index in [9.17, 15) is 4.39 Å². The SMILES string of the molecule is Cl.Nc1ncccc1-c1nc2ccc(-c3ccccc3F)nc2n1-c1ccc(CN2CCNCC2)cc1. The van der Waals surface area contributed by atoms with Gasteiger partial charge in [0, 0.05) is 50.2 Å². The normalized spacial score (nSPS) is 14.0. The number of hydrogen-bond donors (Lipinski definition) is 2.